The minimum Gasteiger partial charge on any atom is -0.508 e. The van der Waals surface area contributed by atoms with Gasteiger partial charge in [-0.1, -0.05) is 23.8 Å². The Balaban J connectivity index is 1.75. The number of benzene rings is 2. The largest absolute Gasteiger partial charge is 0.508 e. The molecule has 5 heteroatoms. The van der Waals surface area contributed by atoms with Gasteiger partial charge >= 0.3 is 0 Å². The van der Waals surface area contributed by atoms with Crippen LogP contribution in [-0.4, -0.2) is 53.0 Å². The molecule has 1 amide bonds. The second-order valence-electron chi connectivity index (χ2n) is 8.31. The number of amides is 1. The Bertz CT molecular complexity index is 1040. The van der Waals surface area contributed by atoms with Gasteiger partial charge in [-0.25, -0.2) is 0 Å². The first-order valence-corrected chi connectivity index (χ1v) is 10.3. The average molecular weight is 392 g/mol. The Morgan fingerprint density at radius 3 is 2.83 bits per heavy atom. The molecule has 0 aliphatic carbocycles. The monoisotopic (exact) mass is 391 g/mol. The SMILES string of the molecule is Cc1ccc2[nH]c3c(c2c1)CCN(C(=O)CCCN(C)C)C3c1cccc(O)c1. The Labute approximate surface area is 171 Å². The lowest BCUT2D eigenvalue weighted by molar-refractivity contribution is -0.133. The molecule has 0 spiro atoms. The van der Waals surface area contributed by atoms with Crippen molar-refractivity contribution in [3.63, 3.8) is 0 Å². The fourth-order valence-electron chi connectivity index (χ4n) is 4.40. The van der Waals surface area contributed by atoms with Crippen molar-refractivity contribution in [2.75, 3.05) is 27.2 Å². The molecule has 0 fully saturated rings. The number of carbonyl (C=O) groups excluding carboxylic acids is 1. The van der Waals surface area contributed by atoms with Crippen molar-refractivity contribution in [1.82, 2.24) is 14.8 Å². The van der Waals surface area contributed by atoms with Crippen LogP contribution in [0.15, 0.2) is 42.5 Å². The number of hydrogen-bond donors (Lipinski definition) is 2. The average Bonchev–Trinajstić information content (AvgIpc) is 3.04. The maximum Gasteiger partial charge on any atom is 0.223 e. The number of phenolic OH excluding ortho intramolecular Hbond substituents is 1. The van der Waals surface area contributed by atoms with Crippen LogP contribution in [0, 0.1) is 6.92 Å². The van der Waals surface area contributed by atoms with Crippen molar-refractivity contribution >= 4 is 16.8 Å². The van der Waals surface area contributed by atoms with Crippen molar-refractivity contribution in [3.8, 4) is 5.75 Å². The maximum atomic E-state index is 13.2. The highest BCUT2D eigenvalue weighted by Gasteiger charge is 2.34. The smallest absolute Gasteiger partial charge is 0.223 e. The lowest BCUT2D eigenvalue weighted by Crippen LogP contribution is -2.40. The number of aromatic amines is 1. The lowest BCUT2D eigenvalue weighted by Gasteiger charge is -2.36. The predicted octanol–water partition coefficient (Wildman–Crippen LogP) is 4.00. The minimum atomic E-state index is -0.203. The van der Waals surface area contributed by atoms with Crippen LogP contribution >= 0.6 is 0 Å². The molecule has 0 saturated heterocycles. The van der Waals surface area contributed by atoms with E-state index in [1.807, 2.05) is 31.1 Å². The van der Waals surface area contributed by atoms with Crippen LogP contribution in [0.1, 0.15) is 41.3 Å². The van der Waals surface area contributed by atoms with E-state index < -0.39 is 0 Å². The molecule has 2 aromatic carbocycles. The summed E-state index contributed by atoms with van der Waals surface area (Å²) in [6.07, 6.45) is 2.21. The van der Waals surface area contributed by atoms with Gasteiger partial charge in [-0.3, -0.25) is 4.79 Å². The second kappa shape index (κ2) is 7.91. The van der Waals surface area contributed by atoms with Crippen molar-refractivity contribution in [2.24, 2.45) is 0 Å². The van der Waals surface area contributed by atoms with E-state index in [2.05, 4.69) is 35.0 Å². The summed E-state index contributed by atoms with van der Waals surface area (Å²) in [7, 11) is 4.05. The molecule has 5 nitrogen and oxygen atoms in total. The molecule has 2 N–H and O–H groups in total. The Morgan fingerprint density at radius 2 is 2.07 bits per heavy atom. The van der Waals surface area contributed by atoms with E-state index in [0.717, 1.165) is 36.2 Å². The Kier molecular flexibility index (Phi) is 5.33. The quantitative estimate of drug-likeness (QED) is 0.691. The van der Waals surface area contributed by atoms with Gasteiger partial charge in [0.15, 0.2) is 0 Å². The topological polar surface area (TPSA) is 59.6 Å². The number of carbonyl (C=O) groups is 1. The minimum absolute atomic E-state index is 0.167. The predicted molar refractivity (Wildman–Crippen MR) is 116 cm³/mol. The van der Waals surface area contributed by atoms with E-state index in [1.165, 1.54) is 16.5 Å². The van der Waals surface area contributed by atoms with Gasteiger partial charge in [0.2, 0.25) is 5.91 Å². The Hall–Kier alpha value is -2.79. The van der Waals surface area contributed by atoms with Crippen molar-refractivity contribution in [2.45, 2.75) is 32.2 Å². The highest BCUT2D eigenvalue weighted by atomic mass is 16.3. The van der Waals surface area contributed by atoms with Gasteiger partial charge < -0.3 is 19.9 Å². The first-order valence-electron chi connectivity index (χ1n) is 10.3. The molecule has 0 radical (unpaired) electrons. The number of H-pyrrole nitrogens is 1. The molecule has 1 unspecified atom stereocenters. The van der Waals surface area contributed by atoms with Crippen LogP contribution in [0.5, 0.6) is 5.75 Å². The normalized spacial score (nSPS) is 16.4. The number of aromatic nitrogens is 1. The van der Waals surface area contributed by atoms with Gasteiger partial charge in [-0.05, 0) is 75.8 Å². The molecule has 0 saturated carbocycles. The molecular formula is C24H29N3O2. The van der Waals surface area contributed by atoms with Crippen molar-refractivity contribution in [1.29, 1.82) is 0 Å². The summed E-state index contributed by atoms with van der Waals surface area (Å²) in [5.74, 6) is 0.391. The number of rotatable bonds is 5. The van der Waals surface area contributed by atoms with E-state index in [4.69, 9.17) is 0 Å². The maximum absolute atomic E-state index is 13.2. The molecule has 1 aromatic heterocycles. The van der Waals surface area contributed by atoms with Crippen molar-refractivity contribution in [3.05, 3.63) is 64.8 Å². The molecule has 1 aliphatic rings. The van der Waals surface area contributed by atoms with Gasteiger partial charge in [-0.15, -0.1) is 0 Å². The Morgan fingerprint density at radius 1 is 1.24 bits per heavy atom. The van der Waals surface area contributed by atoms with E-state index >= 15 is 0 Å². The summed E-state index contributed by atoms with van der Waals surface area (Å²) in [5.41, 5.74) is 5.64. The number of phenols is 1. The van der Waals surface area contributed by atoms with Crippen LogP contribution < -0.4 is 0 Å². The summed E-state index contributed by atoms with van der Waals surface area (Å²) >= 11 is 0. The zero-order valence-electron chi connectivity index (χ0n) is 17.4. The zero-order valence-corrected chi connectivity index (χ0v) is 17.4. The van der Waals surface area contributed by atoms with Gasteiger partial charge in [0.05, 0.1) is 6.04 Å². The molecule has 4 rings (SSSR count). The number of aromatic hydroxyl groups is 1. The highest BCUT2D eigenvalue weighted by molar-refractivity contribution is 5.87. The molecule has 152 valence electrons. The van der Waals surface area contributed by atoms with Crippen LogP contribution in [0.3, 0.4) is 0 Å². The summed E-state index contributed by atoms with van der Waals surface area (Å²) in [5, 5.41) is 11.3. The molecule has 3 aromatic rings. The number of aryl methyl sites for hydroxylation is 1. The first-order chi connectivity index (χ1) is 13.9. The third-order valence-corrected chi connectivity index (χ3v) is 5.78. The number of nitrogens with one attached hydrogen (secondary N) is 1. The van der Waals surface area contributed by atoms with E-state index in [1.54, 1.807) is 12.1 Å². The third kappa shape index (κ3) is 3.87. The fraction of sp³-hybridized carbons (Fsp3) is 0.375. The zero-order chi connectivity index (χ0) is 20.5. The van der Waals surface area contributed by atoms with Gasteiger partial charge in [-0.2, -0.15) is 0 Å². The summed E-state index contributed by atoms with van der Waals surface area (Å²) < 4.78 is 0. The lowest BCUT2D eigenvalue weighted by atomic mass is 9.91. The summed E-state index contributed by atoms with van der Waals surface area (Å²) in [6.45, 7) is 3.69. The number of fused-ring (bicyclic) bond motifs is 3. The van der Waals surface area contributed by atoms with Crippen LogP contribution in [0.2, 0.25) is 0 Å². The number of hydrogen-bond acceptors (Lipinski definition) is 3. The molecule has 29 heavy (non-hydrogen) atoms. The highest BCUT2D eigenvalue weighted by Crippen LogP contribution is 2.39. The third-order valence-electron chi connectivity index (χ3n) is 5.78. The molecular weight excluding hydrogens is 362 g/mol. The van der Waals surface area contributed by atoms with E-state index in [9.17, 15) is 9.90 Å². The van der Waals surface area contributed by atoms with Gasteiger partial charge in [0.25, 0.3) is 0 Å². The van der Waals surface area contributed by atoms with Crippen LogP contribution in [-0.2, 0) is 11.2 Å². The van der Waals surface area contributed by atoms with E-state index in [-0.39, 0.29) is 17.7 Å². The number of nitrogens with zero attached hydrogens (tertiary/aromatic N) is 2. The van der Waals surface area contributed by atoms with Gasteiger partial charge in [0.1, 0.15) is 5.75 Å². The fourth-order valence-corrected chi connectivity index (χ4v) is 4.40. The van der Waals surface area contributed by atoms with Gasteiger partial charge in [0, 0.05) is 29.6 Å². The van der Waals surface area contributed by atoms with E-state index in [0.29, 0.717) is 13.0 Å². The molecule has 2 heterocycles. The van der Waals surface area contributed by atoms with Crippen LogP contribution in [0.4, 0.5) is 0 Å². The second-order valence-corrected chi connectivity index (χ2v) is 8.31. The molecule has 1 aliphatic heterocycles. The molecule has 1 atom stereocenters. The summed E-state index contributed by atoms with van der Waals surface area (Å²) in [6, 6.07) is 13.5. The van der Waals surface area contributed by atoms with Crippen LogP contribution in [0.25, 0.3) is 10.9 Å². The first kappa shape index (κ1) is 19.5. The van der Waals surface area contributed by atoms with Crippen molar-refractivity contribution < 1.29 is 9.90 Å². The standard InChI is InChI=1S/C24H29N3O2/c1-16-9-10-21-20(14-16)19-11-13-27(22(29)8-5-12-26(2)3)24(23(19)25-21)17-6-4-7-18(28)15-17/h4,6-7,9-10,14-15,24-25,28H,5,8,11-13H2,1-3H3. The molecule has 0 bridgehead atoms. The summed E-state index contributed by atoms with van der Waals surface area (Å²) in [4.78, 5) is 20.8.